The van der Waals surface area contributed by atoms with Gasteiger partial charge in [-0.05, 0) is 19.4 Å². The summed E-state index contributed by atoms with van der Waals surface area (Å²) in [7, 11) is -1.01. The van der Waals surface area contributed by atoms with E-state index in [0.717, 1.165) is 25.9 Å². The maximum atomic E-state index is 12.0. The predicted molar refractivity (Wildman–Crippen MR) is 54.3 cm³/mol. The molecular formula is C9H13N3OS. The van der Waals surface area contributed by atoms with E-state index in [1.807, 2.05) is 0 Å². The molecule has 14 heavy (non-hydrogen) atoms. The van der Waals surface area contributed by atoms with E-state index in [4.69, 9.17) is 0 Å². The third-order valence-electron chi connectivity index (χ3n) is 2.30. The van der Waals surface area contributed by atoms with Gasteiger partial charge in [-0.2, -0.15) is 0 Å². The summed E-state index contributed by atoms with van der Waals surface area (Å²) < 4.78 is 12.0. The molecule has 0 spiro atoms. The van der Waals surface area contributed by atoms with Crippen LogP contribution in [0.15, 0.2) is 23.6 Å². The maximum absolute atomic E-state index is 12.0. The molecule has 0 aliphatic carbocycles. The van der Waals surface area contributed by atoms with Crippen LogP contribution in [0, 0.1) is 0 Å². The van der Waals surface area contributed by atoms with E-state index in [2.05, 4.69) is 15.3 Å². The van der Waals surface area contributed by atoms with E-state index < -0.39 is 10.8 Å². The van der Waals surface area contributed by atoms with Crippen LogP contribution in [0.3, 0.4) is 0 Å². The molecule has 2 heterocycles. The second-order valence-corrected chi connectivity index (χ2v) is 4.99. The van der Waals surface area contributed by atoms with Crippen molar-refractivity contribution < 1.29 is 4.21 Å². The summed E-state index contributed by atoms with van der Waals surface area (Å²) in [6.07, 6.45) is 6.88. The molecular weight excluding hydrogens is 198 g/mol. The van der Waals surface area contributed by atoms with E-state index in [9.17, 15) is 4.21 Å². The second kappa shape index (κ2) is 4.61. The normalized spacial score (nSPS) is 24.4. The first-order valence-corrected chi connectivity index (χ1v) is 5.96. The fraction of sp³-hybridized carbons (Fsp3) is 0.556. The van der Waals surface area contributed by atoms with E-state index in [1.165, 1.54) is 0 Å². The van der Waals surface area contributed by atoms with E-state index in [-0.39, 0.29) is 5.25 Å². The first-order valence-electron chi connectivity index (χ1n) is 4.75. The Balaban J connectivity index is 2.07. The molecule has 1 N–H and O–H groups in total. The molecule has 1 aliphatic rings. The number of nitrogens with one attached hydrogen (secondary N) is 1. The smallest absolute Gasteiger partial charge is 0.145 e. The number of hydrogen-bond acceptors (Lipinski definition) is 4. The number of hydrogen-bond donors (Lipinski definition) is 1. The zero-order valence-electron chi connectivity index (χ0n) is 7.85. The third kappa shape index (κ3) is 2.16. The van der Waals surface area contributed by atoms with E-state index >= 15 is 0 Å². The van der Waals surface area contributed by atoms with Gasteiger partial charge in [0.05, 0.1) is 22.2 Å². The monoisotopic (exact) mass is 211 g/mol. The molecule has 4 nitrogen and oxygen atoms in total. The van der Waals surface area contributed by atoms with Crippen LogP contribution in [-0.4, -0.2) is 32.5 Å². The Morgan fingerprint density at radius 2 is 2.43 bits per heavy atom. The number of aromatic nitrogens is 2. The Morgan fingerprint density at radius 3 is 3.07 bits per heavy atom. The van der Waals surface area contributed by atoms with Crippen LogP contribution in [0.5, 0.6) is 0 Å². The Bertz CT molecular complexity index is 311. The topological polar surface area (TPSA) is 54.9 Å². The highest BCUT2D eigenvalue weighted by Gasteiger charge is 2.21. The van der Waals surface area contributed by atoms with Crippen molar-refractivity contribution >= 4 is 10.8 Å². The summed E-state index contributed by atoms with van der Waals surface area (Å²) >= 11 is 0. The van der Waals surface area contributed by atoms with Crippen LogP contribution in [0.4, 0.5) is 0 Å². The lowest BCUT2D eigenvalue weighted by Crippen LogP contribution is -2.36. The van der Waals surface area contributed by atoms with Crippen LogP contribution < -0.4 is 5.32 Å². The van der Waals surface area contributed by atoms with Gasteiger partial charge in [0.15, 0.2) is 0 Å². The molecule has 1 fully saturated rings. The van der Waals surface area contributed by atoms with Gasteiger partial charge >= 0.3 is 0 Å². The minimum absolute atomic E-state index is 0.195. The summed E-state index contributed by atoms with van der Waals surface area (Å²) in [5.41, 5.74) is 0. The lowest BCUT2D eigenvalue weighted by Gasteiger charge is -2.21. The largest absolute Gasteiger partial charge is 0.316 e. The number of rotatable bonds is 2. The SMILES string of the molecule is O=[S@](c1cnccn1)[C@@H]1CCCNC1. The van der Waals surface area contributed by atoms with Gasteiger partial charge in [-0.25, -0.2) is 4.98 Å². The summed E-state index contributed by atoms with van der Waals surface area (Å²) in [4.78, 5) is 7.99. The molecule has 76 valence electrons. The summed E-state index contributed by atoms with van der Waals surface area (Å²) in [5, 5.41) is 4.04. The van der Waals surface area contributed by atoms with Crippen molar-refractivity contribution in [2.75, 3.05) is 13.1 Å². The first kappa shape index (κ1) is 9.73. The zero-order valence-corrected chi connectivity index (χ0v) is 8.67. The van der Waals surface area contributed by atoms with Gasteiger partial charge in [0.1, 0.15) is 5.03 Å². The molecule has 1 saturated heterocycles. The van der Waals surface area contributed by atoms with Crippen molar-refractivity contribution in [2.45, 2.75) is 23.1 Å². The van der Waals surface area contributed by atoms with Gasteiger partial charge in [-0.1, -0.05) is 0 Å². The van der Waals surface area contributed by atoms with Crippen LogP contribution in [-0.2, 0) is 10.8 Å². The molecule has 0 radical (unpaired) electrons. The highest BCUT2D eigenvalue weighted by molar-refractivity contribution is 7.85. The minimum atomic E-state index is -1.01. The van der Waals surface area contributed by atoms with Crippen LogP contribution in [0.25, 0.3) is 0 Å². The van der Waals surface area contributed by atoms with Gasteiger partial charge < -0.3 is 5.32 Å². The van der Waals surface area contributed by atoms with Crippen molar-refractivity contribution in [1.82, 2.24) is 15.3 Å². The molecule has 1 aliphatic heterocycles. The van der Waals surface area contributed by atoms with Crippen molar-refractivity contribution in [3.8, 4) is 0 Å². The molecule has 0 aromatic carbocycles. The summed E-state index contributed by atoms with van der Waals surface area (Å²) in [6.45, 7) is 1.86. The quantitative estimate of drug-likeness (QED) is 0.766. The average molecular weight is 211 g/mol. The van der Waals surface area contributed by atoms with E-state index in [0.29, 0.717) is 5.03 Å². The fourth-order valence-corrected chi connectivity index (χ4v) is 2.88. The molecule has 2 atom stereocenters. The lowest BCUT2D eigenvalue weighted by atomic mass is 10.2. The average Bonchev–Trinajstić information content (AvgIpc) is 2.30. The third-order valence-corrected chi connectivity index (χ3v) is 3.93. The standard InChI is InChI=1S/C9H13N3OS/c13-14(8-2-1-3-10-6-8)9-7-11-4-5-12-9/h4-5,7-8,10H,1-3,6H2/t8-,14+/m1/s1. The Labute approximate surface area is 85.6 Å². The van der Waals surface area contributed by atoms with E-state index in [1.54, 1.807) is 18.6 Å². The minimum Gasteiger partial charge on any atom is -0.316 e. The van der Waals surface area contributed by atoms with Crippen LogP contribution >= 0.6 is 0 Å². The Kier molecular flexibility index (Phi) is 3.21. The fourth-order valence-electron chi connectivity index (χ4n) is 1.56. The van der Waals surface area contributed by atoms with Gasteiger partial charge in [0.25, 0.3) is 0 Å². The van der Waals surface area contributed by atoms with Gasteiger partial charge in [0, 0.05) is 18.9 Å². The maximum Gasteiger partial charge on any atom is 0.145 e. The van der Waals surface area contributed by atoms with Crippen molar-refractivity contribution in [3.05, 3.63) is 18.6 Å². The van der Waals surface area contributed by atoms with Crippen LogP contribution in [0.2, 0.25) is 0 Å². The predicted octanol–water partition coefficient (Wildman–Crippen LogP) is 0.336. The molecule has 0 amide bonds. The summed E-state index contributed by atoms with van der Waals surface area (Å²) in [6, 6.07) is 0. The molecule has 5 heteroatoms. The molecule has 2 rings (SSSR count). The summed E-state index contributed by atoms with van der Waals surface area (Å²) in [5.74, 6) is 0. The number of nitrogens with zero attached hydrogens (tertiary/aromatic N) is 2. The lowest BCUT2D eigenvalue weighted by molar-refractivity contribution is 0.519. The molecule has 0 bridgehead atoms. The zero-order chi connectivity index (χ0) is 9.80. The van der Waals surface area contributed by atoms with Gasteiger partial charge in [0.2, 0.25) is 0 Å². The van der Waals surface area contributed by atoms with Gasteiger partial charge in [-0.15, -0.1) is 0 Å². The van der Waals surface area contributed by atoms with Crippen LogP contribution in [0.1, 0.15) is 12.8 Å². The van der Waals surface area contributed by atoms with Gasteiger partial charge in [-0.3, -0.25) is 9.19 Å². The Hall–Kier alpha value is -0.810. The van der Waals surface area contributed by atoms with Crippen molar-refractivity contribution in [1.29, 1.82) is 0 Å². The first-order chi connectivity index (χ1) is 6.88. The molecule has 1 aromatic heterocycles. The second-order valence-electron chi connectivity index (χ2n) is 3.31. The molecule has 0 saturated carbocycles. The van der Waals surface area contributed by atoms with Crippen molar-refractivity contribution in [2.24, 2.45) is 0 Å². The number of piperidine rings is 1. The highest BCUT2D eigenvalue weighted by atomic mass is 32.2. The Morgan fingerprint density at radius 1 is 1.50 bits per heavy atom. The van der Waals surface area contributed by atoms with Crippen molar-refractivity contribution in [3.63, 3.8) is 0 Å². The highest BCUT2D eigenvalue weighted by Crippen LogP contribution is 2.13. The molecule has 0 unspecified atom stereocenters. The molecule has 1 aromatic rings.